The molecule has 1 unspecified atom stereocenters. The van der Waals surface area contributed by atoms with E-state index in [0.717, 1.165) is 6.42 Å². The Morgan fingerprint density at radius 2 is 2.21 bits per heavy atom. The minimum atomic E-state index is -3.86. The Morgan fingerprint density at radius 3 is 2.74 bits per heavy atom. The van der Waals surface area contributed by atoms with E-state index in [9.17, 15) is 13.2 Å². The molecule has 1 fully saturated rings. The van der Waals surface area contributed by atoms with E-state index in [-0.39, 0.29) is 15.8 Å². The molecule has 6 nitrogen and oxygen atoms in total. The van der Waals surface area contributed by atoms with Gasteiger partial charge in [0.05, 0.1) is 5.02 Å². The highest BCUT2D eigenvalue weighted by Crippen LogP contribution is 2.24. The monoisotopic (exact) mass is 304 g/mol. The molecule has 1 aliphatic rings. The van der Waals surface area contributed by atoms with Crippen LogP contribution >= 0.6 is 11.6 Å². The average molecular weight is 305 g/mol. The number of rotatable bonds is 3. The van der Waals surface area contributed by atoms with Gasteiger partial charge in [0.15, 0.2) is 0 Å². The fourth-order valence-corrected chi connectivity index (χ4v) is 2.91. The number of carbonyl (C=O) groups is 1. The van der Waals surface area contributed by atoms with Crippen molar-refractivity contribution in [3.05, 3.63) is 23.2 Å². The van der Waals surface area contributed by atoms with Gasteiger partial charge in [-0.2, -0.15) is 0 Å². The molecule has 2 rings (SSSR count). The summed E-state index contributed by atoms with van der Waals surface area (Å²) in [6, 6.07) is 4.02. The third kappa shape index (κ3) is 3.44. The highest BCUT2D eigenvalue weighted by Gasteiger charge is 2.24. The average Bonchev–Trinajstić information content (AvgIpc) is 2.80. The Labute approximate surface area is 115 Å². The van der Waals surface area contributed by atoms with Gasteiger partial charge in [0.2, 0.25) is 10.0 Å². The Hall–Kier alpha value is -1.15. The second-order valence-electron chi connectivity index (χ2n) is 4.18. The number of ether oxygens (including phenoxy) is 1. The molecular weight excluding hydrogens is 292 g/mol. The van der Waals surface area contributed by atoms with Gasteiger partial charge in [-0.1, -0.05) is 11.6 Å². The van der Waals surface area contributed by atoms with Crippen molar-refractivity contribution in [1.29, 1.82) is 0 Å². The topological polar surface area (TPSA) is 98.5 Å². The van der Waals surface area contributed by atoms with E-state index in [2.05, 4.69) is 5.32 Å². The third-order valence-corrected chi connectivity index (χ3v) is 4.12. The first-order valence-corrected chi connectivity index (χ1v) is 7.55. The summed E-state index contributed by atoms with van der Waals surface area (Å²) < 4.78 is 27.6. The van der Waals surface area contributed by atoms with Crippen LogP contribution in [0, 0.1) is 0 Å². The van der Waals surface area contributed by atoms with Crippen molar-refractivity contribution in [2.24, 2.45) is 5.14 Å². The molecule has 0 aliphatic carbocycles. The van der Waals surface area contributed by atoms with E-state index < -0.39 is 16.1 Å². The number of hydrogen-bond donors (Lipinski definition) is 2. The minimum absolute atomic E-state index is 0.0346. The maximum absolute atomic E-state index is 11.8. The standard InChI is InChI=1S/C11H13ClN2O4S/c12-8-6-7(3-4-10(8)19(13,16)17)14-11(15)9-2-1-5-18-9/h3-4,6,9H,1-2,5H2,(H,14,15)(H2,13,16,17). The molecule has 1 amide bonds. The van der Waals surface area contributed by atoms with Gasteiger partial charge in [-0.05, 0) is 31.0 Å². The van der Waals surface area contributed by atoms with E-state index >= 15 is 0 Å². The fraction of sp³-hybridized carbons (Fsp3) is 0.364. The first kappa shape index (κ1) is 14.3. The van der Waals surface area contributed by atoms with Crippen LogP contribution in [0.15, 0.2) is 23.1 Å². The summed E-state index contributed by atoms with van der Waals surface area (Å²) in [4.78, 5) is 11.6. The van der Waals surface area contributed by atoms with Crippen LogP contribution in [0.3, 0.4) is 0 Å². The van der Waals surface area contributed by atoms with Gasteiger partial charge >= 0.3 is 0 Å². The van der Waals surface area contributed by atoms with Crippen molar-refractivity contribution in [1.82, 2.24) is 0 Å². The SMILES string of the molecule is NS(=O)(=O)c1ccc(NC(=O)C2CCCO2)cc1Cl. The summed E-state index contributed by atoms with van der Waals surface area (Å²) in [5.41, 5.74) is 0.401. The Balaban J connectivity index is 2.14. The lowest BCUT2D eigenvalue weighted by Gasteiger charge is -2.11. The fourth-order valence-electron chi connectivity index (χ4n) is 1.82. The van der Waals surface area contributed by atoms with E-state index in [1.807, 2.05) is 0 Å². The molecule has 3 N–H and O–H groups in total. The first-order chi connectivity index (χ1) is 8.88. The van der Waals surface area contributed by atoms with Crippen molar-refractivity contribution < 1.29 is 17.9 Å². The van der Waals surface area contributed by atoms with Gasteiger partial charge in [0.25, 0.3) is 5.91 Å². The molecule has 1 aromatic carbocycles. The van der Waals surface area contributed by atoms with Gasteiger partial charge in [0, 0.05) is 12.3 Å². The number of nitrogens with two attached hydrogens (primary N) is 1. The number of hydrogen-bond acceptors (Lipinski definition) is 4. The van der Waals surface area contributed by atoms with E-state index in [1.54, 1.807) is 0 Å². The summed E-state index contributed by atoms with van der Waals surface area (Å²) in [6.45, 7) is 0.573. The Morgan fingerprint density at radius 1 is 1.47 bits per heavy atom. The first-order valence-electron chi connectivity index (χ1n) is 5.63. The maximum atomic E-state index is 11.8. The van der Waals surface area contributed by atoms with Crippen LogP contribution < -0.4 is 10.5 Å². The van der Waals surface area contributed by atoms with Crippen LogP contribution in [-0.2, 0) is 19.6 Å². The normalized spacial score (nSPS) is 19.4. The summed E-state index contributed by atoms with van der Waals surface area (Å²) in [5, 5.41) is 7.57. The van der Waals surface area contributed by atoms with Crippen LogP contribution in [-0.4, -0.2) is 27.0 Å². The lowest BCUT2D eigenvalue weighted by Crippen LogP contribution is -2.26. The molecule has 0 bridgehead atoms. The van der Waals surface area contributed by atoms with Crippen molar-refractivity contribution in [3.63, 3.8) is 0 Å². The van der Waals surface area contributed by atoms with Gasteiger partial charge in [-0.15, -0.1) is 0 Å². The zero-order valence-corrected chi connectivity index (χ0v) is 11.5. The van der Waals surface area contributed by atoms with Gasteiger partial charge < -0.3 is 10.1 Å². The predicted octanol–water partition coefficient (Wildman–Crippen LogP) is 1.10. The molecule has 104 valence electrons. The quantitative estimate of drug-likeness (QED) is 0.873. The predicted molar refractivity (Wildman–Crippen MR) is 70.4 cm³/mol. The van der Waals surface area contributed by atoms with Crippen LogP contribution in [0.5, 0.6) is 0 Å². The number of sulfonamides is 1. The van der Waals surface area contributed by atoms with E-state index in [4.69, 9.17) is 21.5 Å². The van der Waals surface area contributed by atoms with E-state index in [0.29, 0.717) is 18.7 Å². The van der Waals surface area contributed by atoms with Crippen molar-refractivity contribution in [2.75, 3.05) is 11.9 Å². The lowest BCUT2D eigenvalue weighted by molar-refractivity contribution is -0.124. The molecule has 8 heteroatoms. The highest BCUT2D eigenvalue weighted by atomic mass is 35.5. The molecule has 1 aromatic rings. The van der Waals surface area contributed by atoms with Crippen molar-refractivity contribution >= 4 is 33.2 Å². The Kier molecular flexibility index (Phi) is 4.10. The van der Waals surface area contributed by atoms with E-state index in [1.165, 1.54) is 18.2 Å². The summed E-state index contributed by atoms with van der Waals surface area (Å²) >= 11 is 5.82. The molecule has 0 spiro atoms. The summed E-state index contributed by atoms with van der Waals surface area (Å²) in [7, 11) is -3.86. The lowest BCUT2D eigenvalue weighted by atomic mass is 10.2. The number of amides is 1. The molecule has 1 aliphatic heterocycles. The van der Waals surface area contributed by atoms with Gasteiger partial charge in [0.1, 0.15) is 11.0 Å². The van der Waals surface area contributed by atoms with Crippen LogP contribution in [0.25, 0.3) is 0 Å². The molecule has 19 heavy (non-hydrogen) atoms. The smallest absolute Gasteiger partial charge is 0.253 e. The number of anilines is 1. The molecule has 0 aromatic heterocycles. The van der Waals surface area contributed by atoms with Crippen LogP contribution in [0.2, 0.25) is 5.02 Å². The minimum Gasteiger partial charge on any atom is -0.368 e. The number of halogens is 1. The highest BCUT2D eigenvalue weighted by molar-refractivity contribution is 7.89. The molecule has 1 heterocycles. The molecular formula is C11H13ClN2O4S. The molecule has 0 saturated carbocycles. The third-order valence-electron chi connectivity index (χ3n) is 2.73. The van der Waals surface area contributed by atoms with Gasteiger partial charge in [-0.25, -0.2) is 13.6 Å². The number of benzene rings is 1. The number of carbonyl (C=O) groups excluding carboxylic acids is 1. The summed E-state index contributed by atoms with van der Waals surface area (Å²) in [6.07, 6.45) is 1.06. The number of nitrogens with one attached hydrogen (secondary N) is 1. The molecule has 0 radical (unpaired) electrons. The zero-order chi connectivity index (χ0) is 14.0. The van der Waals surface area contributed by atoms with Gasteiger partial charge in [-0.3, -0.25) is 4.79 Å². The summed E-state index contributed by atoms with van der Waals surface area (Å²) in [5.74, 6) is -0.267. The van der Waals surface area contributed by atoms with Crippen molar-refractivity contribution in [3.8, 4) is 0 Å². The number of primary sulfonamides is 1. The van der Waals surface area contributed by atoms with Crippen LogP contribution in [0.4, 0.5) is 5.69 Å². The van der Waals surface area contributed by atoms with Crippen molar-refractivity contribution in [2.45, 2.75) is 23.8 Å². The zero-order valence-electron chi connectivity index (χ0n) is 9.93. The maximum Gasteiger partial charge on any atom is 0.253 e. The second kappa shape index (κ2) is 5.46. The molecule has 1 atom stereocenters. The Bertz CT molecular complexity index is 597. The van der Waals surface area contributed by atoms with Crippen LogP contribution in [0.1, 0.15) is 12.8 Å². The molecule has 1 saturated heterocycles. The largest absolute Gasteiger partial charge is 0.368 e. The second-order valence-corrected chi connectivity index (χ2v) is 6.12.